The molecule has 0 bridgehead atoms. The van der Waals surface area contributed by atoms with Gasteiger partial charge in [-0.3, -0.25) is 4.79 Å². The smallest absolute Gasteiger partial charge is 0.254 e. The number of likely N-dealkylation sites (tertiary alicyclic amines) is 1. The molecule has 0 aliphatic carbocycles. The number of carbonyl (C=O) groups excluding carboxylic acids is 1. The molecule has 148 valence electrons. The van der Waals surface area contributed by atoms with E-state index in [9.17, 15) is 4.79 Å². The lowest BCUT2D eigenvalue weighted by Gasteiger charge is -2.32. The Balaban J connectivity index is 1.45. The van der Waals surface area contributed by atoms with Crippen LogP contribution >= 0.6 is 0 Å². The van der Waals surface area contributed by atoms with Crippen LogP contribution in [0.15, 0.2) is 30.7 Å². The Labute approximate surface area is 163 Å². The van der Waals surface area contributed by atoms with Gasteiger partial charge in [0.15, 0.2) is 5.65 Å². The summed E-state index contributed by atoms with van der Waals surface area (Å²) < 4.78 is 3.80. The molecule has 0 aromatic carbocycles. The Morgan fingerprint density at radius 3 is 3.07 bits per heavy atom. The van der Waals surface area contributed by atoms with Crippen molar-refractivity contribution in [2.75, 3.05) is 33.7 Å². The molecule has 1 atom stereocenters. The van der Waals surface area contributed by atoms with Gasteiger partial charge >= 0.3 is 0 Å². The third-order valence-corrected chi connectivity index (χ3v) is 5.27. The summed E-state index contributed by atoms with van der Waals surface area (Å²) in [6, 6.07) is 3.52. The maximum Gasteiger partial charge on any atom is 0.254 e. The van der Waals surface area contributed by atoms with E-state index in [0.717, 1.165) is 44.7 Å². The number of pyridine rings is 1. The van der Waals surface area contributed by atoms with E-state index in [1.165, 1.54) is 0 Å². The molecule has 4 rings (SSSR count). The summed E-state index contributed by atoms with van der Waals surface area (Å²) in [5.74, 6) is 1.39. The van der Waals surface area contributed by atoms with Crippen molar-refractivity contribution in [1.82, 2.24) is 39.4 Å². The van der Waals surface area contributed by atoms with Gasteiger partial charge in [-0.15, -0.1) is 5.10 Å². The number of hydrogen-bond acceptors (Lipinski definition) is 6. The number of rotatable bonds is 6. The second-order valence-electron chi connectivity index (χ2n) is 7.62. The lowest BCUT2D eigenvalue weighted by Crippen LogP contribution is -2.39. The summed E-state index contributed by atoms with van der Waals surface area (Å²) in [7, 11) is 4.18. The van der Waals surface area contributed by atoms with E-state index in [1.54, 1.807) is 22.8 Å². The molecule has 0 saturated carbocycles. The number of nitrogens with zero attached hydrogens (tertiary/aromatic N) is 8. The topological polar surface area (TPSA) is 84.5 Å². The molecule has 1 unspecified atom stereocenters. The molecule has 0 N–H and O–H groups in total. The minimum absolute atomic E-state index is 0.0286. The summed E-state index contributed by atoms with van der Waals surface area (Å²) in [4.78, 5) is 21.8. The Kier molecular flexibility index (Phi) is 5.34. The predicted molar refractivity (Wildman–Crippen MR) is 104 cm³/mol. The van der Waals surface area contributed by atoms with Gasteiger partial charge in [0.1, 0.15) is 5.82 Å². The van der Waals surface area contributed by atoms with Crippen molar-refractivity contribution in [2.45, 2.75) is 31.7 Å². The Morgan fingerprint density at radius 1 is 1.32 bits per heavy atom. The van der Waals surface area contributed by atoms with Crippen molar-refractivity contribution in [2.24, 2.45) is 0 Å². The number of fused-ring (bicyclic) bond motifs is 1. The number of piperidine rings is 1. The molecular formula is C19H26N8O. The standard InChI is InChI=1S/C19H26N8O/c1-24(2)8-4-10-25-12-7-20-18(25)16-5-3-9-26(14-16)19(28)15-6-11-27-17(13-15)21-22-23-27/h6-7,11-13,16H,3-5,8-10,14H2,1-2H3. The third-order valence-electron chi connectivity index (χ3n) is 5.27. The van der Waals surface area contributed by atoms with Gasteiger partial charge in [-0.05, 0) is 62.5 Å². The van der Waals surface area contributed by atoms with Crippen LogP contribution in [-0.2, 0) is 6.54 Å². The van der Waals surface area contributed by atoms with Crippen LogP contribution in [0.2, 0.25) is 0 Å². The van der Waals surface area contributed by atoms with Crippen LogP contribution in [0, 0.1) is 0 Å². The van der Waals surface area contributed by atoms with Crippen molar-refractivity contribution in [3.05, 3.63) is 42.1 Å². The molecule has 9 nitrogen and oxygen atoms in total. The van der Waals surface area contributed by atoms with E-state index < -0.39 is 0 Å². The van der Waals surface area contributed by atoms with E-state index >= 15 is 0 Å². The first-order chi connectivity index (χ1) is 13.6. The highest BCUT2D eigenvalue weighted by Gasteiger charge is 2.28. The maximum absolute atomic E-state index is 13.0. The first kappa shape index (κ1) is 18.5. The van der Waals surface area contributed by atoms with E-state index in [4.69, 9.17) is 0 Å². The van der Waals surface area contributed by atoms with Crippen LogP contribution < -0.4 is 0 Å². The maximum atomic E-state index is 13.0. The van der Waals surface area contributed by atoms with Gasteiger partial charge < -0.3 is 14.4 Å². The average Bonchev–Trinajstić information content (AvgIpc) is 3.36. The number of hydrogen-bond donors (Lipinski definition) is 0. The Bertz CT molecular complexity index is 946. The monoisotopic (exact) mass is 382 g/mol. The highest BCUT2D eigenvalue weighted by atomic mass is 16.2. The molecular weight excluding hydrogens is 356 g/mol. The molecule has 1 fully saturated rings. The third kappa shape index (κ3) is 3.89. The minimum atomic E-state index is 0.0286. The summed E-state index contributed by atoms with van der Waals surface area (Å²) in [5.41, 5.74) is 1.20. The zero-order chi connectivity index (χ0) is 19.5. The number of aromatic nitrogens is 6. The average molecular weight is 382 g/mol. The van der Waals surface area contributed by atoms with Crippen LogP contribution in [-0.4, -0.2) is 79.0 Å². The number of aryl methyl sites for hydroxylation is 1. The first-order valence-corrected chi connectivity index (χ1v) is 9.74. The van der Waals surface area contributed by atoms with E-state index in [2.05, 4.69) is 50.3 Å². The highest BCUT2D eigenvalue weighted by molar-refractivity contribution is 5.95. The summed E-state index contributed by atoms with van der Waals surface area (Å²) in [5, 5.41) is 11.4. The molecule has 28 heavy (non-hydrogen) atoms. The Hall–Kier alpha value is -2.81. The Morgan fingerprint density at radius 2 is 2.21 bits per heavy atom. The normalized spacial score (nSPS) is 17.5. The number of amides is 1. The number of imidazole rings is 1. The summed E-state index contributed by atoms with van der Waals surface area (Å²) >= 11 is 0. The number of carbonyl (C=O) groups is 1. The van der Waals surface area contributed by atoms with Gasteiger partial charge in [0.2, 0.25) is 0 Å². The van der Waals surface area contributed by atoms with Crippen LogP contribution in [0.4, 0.5) is 0 Å². The van der Waals surface area contributed by atoms with Gasteiger partial charge in [-0.1, -0.05) is 0 Å². The molecule has 1 saturated heterocycles. The van der Waals surface area contributed by atoms with E-state index in [0.29, 0.717) is 17.8 Å². The number of tetrazole rings is 1. The molecule has 0 spiro atoms. The van der Waals surface area contributed by atoms with Gasteiger partial charge in [0.25, 0.3) is 5.91 Å². The fraction of sp³-hybridized carbons (Fsp3) is 0.526. The fourth-order valence-corrected chi connectivity index (χ4v) is 3.85. The lowest BCUT2D eigenvalue weighted by molar-refractivity contribution is 0.0703. The minimum Gasteiger partial charge on any atom is -0.338 e. The van der Waals surface area contributed by atoms with Crippen molar-refractivity contribution >= 4 is 11.6 Å². The van der Waals surface area contributed by atoms with Crippen molar-refractivity contribution in [3.8, 4) is 0 Å². The lowest BCUT2D eigenvalue weighted by atomic mass is 9.96. The molecule has 0 radical (unpaired) electrons. The van der Waals surface area contributed by atoms with E-state index in [1.807, 2.05) is 11.1 Å². The van der Waals surface area contributed by atoms with Gasteiger partial charge in [-0.2, -0.15) is 0 Å². The van der Waals surface area contributed by atoms with Crippen molar-refractivity contribution < 1.29 is 4.79 Å². The van der Waals surface area contributed by atoms with Gasteiger partial charge in [0, 0.05) is 49.7 Å². The van der Waals surface area contributed by atoms with Crippen LogP contribution in [0.25, 0.3) is 5.65 Å². The van der Waals surface area contributed by atoms with Crippen molar-refractivity contribution in [3.63, 3.8) is 0 Å². The van der Waals surface area contributed by atoms with E-state index in [-0.39, 0.29) is 11.8 Å². The van der Waals surface area contributed by atoms with Gasteiger partial charge in [-0.25, -0.2) is 9.50 Å². The molecule has 4 heterocycles. The molecule has 1 aliphatic rings. The fourth-order valence-electron chi connectivity index (χ4n) is 3.85. The summed E-state index contributed by atoms with van der Waals surface area (Å²) in [6.07, 6.45) is 8.77. The highest BCUT2D eigenvalue weighted by Crippen LogP contribution is 2.27. The van der Waals surface area contributed by atoms with Crippen LogP contribution in [0.3, 0.4) is 0 Å². The first-order valence-electron chi connectivity index (χ1n) is 9.74. The molecule has 3 aromatic heterocycles. The van der Waals surface area contributed by atoms with Crippen LogP contribution in [0.5, 0.6) is 0 Å². The molecule has 1 amide bonds. The van der Waals surface area contributed by atoms with Gasteiger partial charge in [0.05, 0.1) is 0 Å². The van der Waals surface area contributed by atoms with Crippen molar-refractivity contribution in [1.29, 1.82) is 0 Å². The molecule has 1 aliphatic heterocycles. The van der Waals surface area contributed by atoms with Crippen LogP contribution in [0.1, 0.15) is 41.4 Å². The second-order valence-corrected chi connectivity index (χ2v) is 7.62. The predicted octanol–water partition coefficient (Wildman–Crippen LogP) is 1.29. The zero-order valence-electron chi connectivity index (χ0n) is 16.4. The molecule has 3 aromatic rings. The quantitative estimate of drug-likeness (QED) is 0.639. The largest absolute Gasteiger partial charge is 0.338 e. The molecule has 9 heteroatoms. The zero-order valence-corrected chi connectivity index (χ0v) is 16.4. The second kappa shape index (κ2) is 8.05. The summed E-state index contributed by atoms with van der Waals surface area (Å²) in [6.45, 7) is 3.47. The SMILES string of the molecule is CN(C)CCCn1ccnc1C1CCCN(C(=O)c2ccn3nnnc3c2)C1.